The molecular weight excluding hydrogens is 458 g/mol. The van der Waals surface area contributed by atoms with E-state index < -0.39 is 0 Å². The van der Waals surface area contributed by atoms with Crippen molar-refractivity contribution in [2.45, 2.75) is 19.6 Å². The van der Waals surface area contributed by atoms with E-state index in [0.29, 0.717) is 49.3 Å². The molecule has 1 aromatic heterocycles. The van der Waals surface area contributed by atoms with Crippen molar-refractivity contribution in [2.75, 3.05) is 27.4 Å². The Balaban J connectivity index is 1.40. The summed E-state index contributed by atoms with van der Waals surface area (Å²) in [6.07, 6.45) is 0.414. The van der Waals surface area contributed by atoms with Crippen LogP contribution in [0.1, 0.15) is 17.0 Å². The average molecular weight is 488 g/mol. The van der Waals surface area contributed by atoms with Crippen LogP contribution in [0.2, 0.25) is 0 Å². The third-order valence-corrected chi connectivity index (χ3v) is 5.61. The molecule has 8 heteroatoms. The molecule has 0 aliphatic rings. The maximum atomic E-state index is 13.0. The molecule has 0 saturated heterocycles. The van der Waals surface area contributed by atoms with Crippen molar-refractivity contribution >= 4 is 5.91 Å². The number of hydrogen-bond acceptors (Lipinski definition) is 7. The van der Waals surface area contributed by atoms with Gasteiger partial charge in [-0.1, -0.05) is 65.8 Å². The summed E-state index contributed by atoms with van der Waals surface area (Å²) in [5.74, 6) is 1.98. The first-order valence-corrected chi connectivity index (χ1v) is 11.6. The van der Waals surface area contributed by atoms with Gasteiger partial charge in [0, 0.05) is 25.1 Å². The van der Waals surface area contributed by atoms with Crippen molar-refractivity contribution < 1.29 is 23.5 Å². The monoisotopic (exact) mass is 487 g/mol. The van der Waals surface area contributed by atoms with Gasteiger partial charge in [-0.15, -0.1) is 0 Å². The summed E-state index contributed by atoms with van der Waals surface area (Å²) in [6.45, 7) is 1.24. The van der Waals surface area contributed by atoms with Gasteiger partial charge < -0.3 is 23.6 Å². The number of benzene rings is 3. The summed E-state index contributed by atoms with van der Waals surface area (Å²) in [7, 11) is 3.16. The van der Waals surface area contributed by atoms with Crippen molar-refractivity contribution in [2.24, 2.45) is 0 Å². The second kappa shape index (κ2) is 12.5. The van der Waals surface area contributed by atoms with E-state index in [-0.39, 0.29) is 12.5 Å². The molecule has 8 nitrogen and oxygen atoms in total. The lowest BCUT2D eigenvalue weighted by Gasteiger charge is -2.22. The zero-order chi connectivity index (χ0) is 25.2. The quantitative estimate of drug-likeness (QED) is 0.290. The van der Waals surface area contributed by atoms with Crippen LogP contribution < -0.4 is 9.47 Å². The molecule has 0 aliphatic heterocycles. The van der Waals surface area contributed by atoms with Crippen molar-refractivity contribution in [3.05, 3.63) is 95.9 Å². The van der Waals surface area contributed by atoms with Crippen LogP contribution in [0, 0.1) is 0 Å². The van der Waals surface area contributed by atoms with Gasteiger partial charge in [0.05, 0.1) is 20.8 Å². The van der Waals surface area contributed by atoms with E-state index >= 15 is 0 Å². The standard InChI is InChI=1S/C28H29N3O5/c1-33-24-14-13-23(17-25(24)34-2)28-29-26(36-30-28)15-16-31(18-21-9-5-3-6-10-21)27(32)20-35-19-22-11-7-4-8-12-22/h3-14,17H,15-16,18-20H2,1-2H3. The highest BCUT2D eigenvalue weighted by Gasteiger charge is 2.17. The first-order chi connectivity index (χ1) is 17.7. The van der Waals surface area contributed by atoms with E-state index in [1.54, 1.807) is 31.3 Å². The second-order valence-corrected chi connectivity index (χ2v) is 8.11. The van der Waals surface area contributed by atoms with Crippen LogP contribution in [0.15, 0.2) is 83.4 Å². The highest BCUT2D eigenvalue weighted by Crippen LogP contribution is 2.31. The molecule has 0 saturated carbocycles. The van der Waals surface area contributed by atoms with Crippen LogP contribution in [0.25, 0.3) is 11.4 Å². The van der Waals surface area contributed by atoms with Gasteiger partial charge >= 0.3 is 0 Å². The molecule has 0 fully saturated rings. The SMILES string of the molecule is COc1ccc(-c2noc(CCN(Cc3ccccc3)C(=O)COCc3ccccc3)n2)cc1OC. The molecule has 0 unspecified atom stereocenters. The first-order valence-electron chi connectivity index (χ1n) is 11.6. The largest absolute Gasteiger partial charge is 0.493 e. The number of ether oxygens (including phenoxy) is 3. The Bertz CT molecular complexity index is 1240. The molecule has 3 aromatic carbocycles. The molecule has 0 spiro atoms. The molecule has 0 bridgehead atoms. The van der Waals surface area contributed by atoms with Crippen LogP contribution >= 0.6 is 0 Å². The third kappa shape index (κ3) is 6.70. The summed E-state index contributed by atoms with van der Waals surface area (Å²) >= 11 is 0. The smallest absolute Gasteiger partial charge is 0.248 e. The van der Waals surface area contributed by atoms with Crippen LogP contribution in [0.5, 0.6) is 11.5 Å². The summed E-state index contributed by atoms with van der Waals surface area (Å²) in [4.78, 5) is 19.3. The lowest BCUT2D eigenvalue weighted by Crippen LogP contribution is -2.35. The zero-order valence-electron chi connectivity index (χ0n) is 20.4. The fourth-order valence-corrected chi connectivity index (χ4v) is 3.70. The minimum atomic E-state index is -0.102. The lowest BCUT2D eigenvalue weighted by atomic mass is 10.2. The van der Waals surface area contributed by atoms with E-state index in [2.05, 4.69) is 10.1 Å². The molecule has 0 radical (unpaired) electrons. The molecule has 0 aliphatic carbocycles. The number of aromatic nitrogens is 2. The van der Waals surface area contributed by atoms with E-state index in [1.165, 1.54) is 0 Å². The van der Waals surface area contributed by atoms with E-state index in [9.17, 15) is 4.79 Å². The highest BCUT2D eigenvalue weighted by molar-refractivity contribution is 5.77. The summed E-state index contributed by atoms with van der Waals surface area (Å²) in [6, 6.07) is 25.1. The lowest BCUT2D eigenvalue weighted by molar-refractivity contribution is -0.137. The van der Waals surface area contributed by atoms with E-state index in [1.807, 2.05) is 66.7 Å². The predicted octanol–water partition coefficient (Wildman–Crippen LogP) is 4.54. The Morgan fingerprint density at radius 2 is 1.58 bits per heavy atom. The van der Waals surface area contributed by atoms with Crippen molar-refractivity contribution in [1.82, 2.24) is 15.0 Å². The molecule has 0 atom stereocenters. The highest BCUT2D eigenvalue weighted by atomic mass is 16.5. The fourth-order valence-electron chi connectivity index (χ4n) is 3.70. The number of methoxy groups -OCH3 is 2. The Hall–Kier alpha value is -4.17. The van der Waals surface area contributed by atoms with Gasteiger partial charge in [-0.2, -0.15) is 4.98 Å². The van der Waals surface area contributed by atoms with Gasteiger partial charge in [0.2, 0.25) is 17.6 Å². The molecule has 0 N–H and O–H groups in total. The summed E-state index contributed by atoms with van der Waals surface area (Å²) < 4.78 is 21.8. The Kier molecular flexibility index (Phi) is 8.67. The van der Waals surface area contributed by atoms with Crippen molar-refractivity contribution in [1.29, 1.82) is 0 Å². The van der Waals surface area contributed by atoms with Gasteiger partial charge in [0.15, 0.2) is 11.5 Å². The van der Waals surface area contributed by atoms with Gasteiger partial charge in [0.1, 0.15) is 6.61 Å². The average Bonchev–Trinajstić information content (AvgIpc) is 3.40. The van der Waals surface area contributed by atoms with Gasteiger partial charge in [-0.25, -0.2) is 0 Å². The third-order valence-electron chi connectivity index (χ3n) is 5.61. The van der Waals surface area contributed by atoms with Gasteiger partial charge in [-0.05, 0) is 29.3 Å². The normalized spacial score (nSPS) is 10.7. The van der Waals surface area contributed by atoms with Gasteiger partial charge in [-0.3, -0.25) is 4.79 Å². The van der Waals surface area contributed by atoms with Gasteiger partial charge in [0.25, 0.3) is 0 Å². The van der Waals surface area contributed by atoms with E-state index in [4.69, 9.17) is 18.7 Å². The molecule has 1 heterocycles. The summed E-state index contributed by atoms with van der Waals surface area (Å²) in [5, 5.41) is 4.10. The maximum Gasteiger partial charge on any atom is 0.248 e. The number of carbonyl (C=O) groups excluding carboxylic acids is 1. The predicted molar refractivity (Wildman–Crippen MR) is 134 cm³/mol. The molecule has 36 heavy (non-hydrogen) atoms. The van der Waals surface area contributed by atoms with E-state index in [0.717, 1.165) is 16.7 Å². The van der Waals surface area contributed by atoms with Crippen molar-refractivity contribution in [3.63, 3.8) is 0 Å². The van der Waals surface area contributed by atoms with Crippen LogP contribution in [0.4, 0.5) is 0 Å². The number of carbonyl (C=O) groups is 1. The first kappa shape index (κ1) is 24.9. The second-order valence-electron chi connectivity index (χ2n) is 8.11. The number of rotatable bonds is 12. The van der Waals surface area contributed by atoms with Crippen LogP contribution in [-0.2, 0) is 29.1 Å². The molecule has 4 aromatic rings. The summed E-state index contributed by atoms with van der Waals surface area (Å²) in [5.41, 5.74) is 2.80. The van der Waals surface area contributed by atoms with Crippen LogP contribution in [-0.4, -0.2) is 48.3 Å². The minimum Gasteiger partial charge on any atom is -0.493 e. The molecule has 1 amide bonds. The van der Waals surface area contributed by atoms with Crippen LogP contribution in [0.3, 0.4) is 0 Å². The molecule has 4 rings (SSSR count). The topological polar surface area (TPSA) is 86.9 Å². The Labute approximate surface area is 210 Å². The number of hydrogen-bond donors (Lipinski definition) is 0. The minimum absolute atomic E-state index is 0.0115. The number of amides is 1. The Morgan fingerprint density at radius 3 is 2.28 bits per heavy atom. The zero-order valence-corrected chi connectivity index (χ0v) is 20.4. The fraction of sp³-hybridized carbons (Fsp3) is 0.250. The molecular formula is C28H29N3O5. The number of nitrogens with zero attached hydrogens (tertiary/aromatic N) is 3. The molecule has 186 valence electrons. The maximum absolute atomic E-state index is 13.0. The Morgan fingerprint density at radius 1 is 0.889 bits per heavy atom. The van der Waals surface area contributed by atoms with Crippen molar-refractivity contribution in [3.8, 4) is 22.9 Å².